The number of aryl methyl sites for hydroxylation is 1. The van der Waals surface area contributed by atoms with E-state index in [1.807, 2.05) is 0 Å². The molecule has 0 aliphatic heterocycles. The van der Waals surface area contributed by atoms with Crippen LogP contribution < -0.4 is 0 Å². The average Bonchev–Trinajstić information content (AvgIpc) is 2.99. The highest BCUT2D eigenvalue weighted by atomic mass is 32.1. The van der Waals surface area contributed by atoms with Crippen molar-refractivity contribution in [3.05, 3.63) is 21.9 Å². The minimum Gasteiger partial charge on any atom is -0.390 e. The van der Waals surface area contributed by atoms with E-state index in [2.05, 4.69) is 19.1 Å². The Morgan fingerprint density at radius 1 is 1.44 bits per heavy atom. The number of hydrogen-bond donors (Lipinski definition) is 1. The number of methoxy groups -OCH3 is 1. The van der Waals surface area contributed by atoms with Gasteiger partial charge in [-0.15, -0.1) is 11.3 Å². The highest BCUT2D eigenvalue weighted by Gasteiger charge is 2.36. The van der Waals surface area contributed by atoms with Crippen molar-refractivity contribution in [1.82, 2.24) is 0 Å². The Balaban J connectivity index is 1.92. The molecule has 1 aliphatic carbocycles. The monoisotopic (exact) mass is 240 g/mol. The molecule has 1 N–H and O–H groups in total. The molecular formula is C13H20O2S. The summed E-state index contributed by atoms with van der Waals surface area (Å²) < 4.78 is 5.40. The van der Waals surface area contributed by atoms with E-state index in [-0.39, 0.29) is 12.2 Å². The van der Waals surface area contributed by atoms with Crippen molar-refractivity contribution in [2.75, 3.05) is 7.11 Å². The predicted molar refractivity (Wildman–Crippen MR) is 66.9 cm³/mol. The number of ether oxygens (including phenoxy) is 1. The lowest BCUT2D eigenvalue weighted by molar-refractivity contribution is -0.0234. The normalized spacial score (nSPS) is 19.7. The Hall–Kier alpha value is -0.380. The van der Waals surface area contributed by atoms with Crippen molar-refractivity contribution >= 4 is 11.3 Å². The van der Waals surface area contributed by atoms with Crippen molar-refractivity contribution in [2.24, 2.45) is 5.92 Å². The van der Waals surface area contributed by atoms with E-state index in [4.69, 9.17) is 4.74 Å². The van der Waals surface area contributed by atoms with Crippen LogP contribution in [0.15, 0.2) is 12.1 Å². The second kappa shape index (κ2) is 5.30. The Morgan fingerprint density at radius 3 is 2.62 bits per heavy atom. The third-order valence-electron chi connectivity index (χ3n) is 3.21. The van der Waals surface area contributed by atoms with Gasteiger partial charge in [-0.3, -0.25) is 0 Å². The van der Waals surface area contributed by atoms with Gasteiger partial charge in [0.1, 0.15) is 0 Å². The number of thiophene rings is 1. The zero-order valence-corrected chi connectivity index (χ0v) is 10.8. The second-order valence-electron chi connectivity index (χ2n) is 4.53. The first-order chi connectivity index (χ1) is 7.74. The van der Waals surface area contributed by atoms with Gasteiger partial charge in [-0.2, -0.15) is 0 Å². The molecule has 1 fully saturated rings. The maximum Gasteiger partial charge on any atom is 0.0861 e. The fourth-order valence-corrected chi connectivity index (χ4v) is 3.14. The topological polar surface area (TPSA) is 29.5 Å². The number of rotatable bonds is 6. The first-order valence-electron chi connectivity index (χ1n) is 6.03. The fraction of sp³-hybridized carbons (Fsp3) is 0.692. The molecule has 1 heterocycles. The Kier molecular flexibility index (Phi) is 4.00. The maximum atomic E-state index is 10.1. The quantitative estimate of drug-likeness (QED) is 0.828. The molecule has 16 heavy (non-hydrogen) atoms. The van der Waals surface area contributed by atoms with E-state index >= 15 is 0 Å². The lowest BCUT2D eigenvalue weighted by Gasteiger charge is -2.20. The third-order valence-corrected chi connectivity index (χ3v) is 4.47. The smallest absolute Gasteiger partial charge is 0.0861 e. The van der Waals surface area contributed by atoms with Crippen LogP contribution in [0.1, 0.15) is 29.5 Å². The molecule has 0 spiro atoms. The van der Waals surface area contributed by atoms with Gasteiger partial charge in [0.2, 0.25) is 0 Å². The molecule has 0 bridgehead atoms. The summed E-state index contributed by atoms with van der Waals surface area (Å²) in [7, 11) is 1.71. The van der Waals surface area contributed by atoms with E-state index in [1.54, 1.807) is 18.4 Å². The van der Waals surface area contributed by atoms with Gasteiger partial charge in [0, 0.05) is 23.3 Å². The molecule has 1 aromatic heterocycles. The molecule has 0 amide bonds. The van der Waals surface area contributed by atoms with Gasteiger partial charge in [-0.25, -0.2) is 0 Å². The van der Waals surface area contributed by atoms with Gasteiger partial charge in [-0.05, 0) is 37.3 Å². The average molecular weight is 240 g/mol. The van der Waals surface area contributed by atoms with Crippen LogP contribution in [0.3, 0.4) is 0 Å². The SMILES string of the molecule is CCc1ccc(CC(O)C(OC)C2CC2)s1. The van der Waals surface area contributed by atoms with Crippen molar-refractivity contribution in [3.8, 4) is 0 Å². The van der Waals surface area contributed by atoms with Gasteiger partial charge in [0.15, 0.2) is 0 Å². The molecule has 0 aromatic carbocycles. The summed E-state index contributed by atoms with van der Waals surface area (Å²) in [5, 5.41) is 10.1. The van der Waals surface area contributed by atoms with Gasteiger partial charge in [0.25, 0.3) is 0 Å². The maximum absolute atomic E-state index is 10.1. The third kappa shape index (κ3) is 2.84. The number of aliphatic hydroxyl groups is 1. The molecule has 0 radical (unpaired) electrons. The van der Waals surface area contributed by atoms with Crippen LogP contribution in [-0.2, 0) is 17.6 Å². The minimum atomic E-state index is -0.346. The van der Waals surface area contributed by atoms with E-state index in [0.29, 0.717) is 5.92 Å². The summed E-state index contributed by atoms with van der Waals surface area (Å²) >= 11 is 1.81. The molecule has 2 atom stereocenters. The van der Waals surface area contributed by atoms with Crippen molar-refractivity contribution < 1.29 is 9.84 Å². The van der Waals surface area contributed by atoms with Crippen LogP contribution in [0, 0.1) is 5.92 Å². The Morgan fingerprint density at radius 2 is 2.12 bits per heavy atom. The highest BCUT2D eigenvalue weighted by molar-refractivity contribution is 7.11. The first kappa shape index (κ1) is 12.1. The lowest BCUT2D eigenvalue weighted by Crippen LogP contribution is -2.31. The number of aliphatic hydroxyl groups excluding tert-OH is 1. The summed E-state index contributed by atoms with van der Waals surface area (Å²) in [6, 6.07) is 4.29. The molecule has 2 rings (SSSR count). The first-order valence-corrected chi connectivity index (χ1v) is 6.84. The van der Waals surface area contributed by atoms with E-state index in [9.17, 15) is 5.11 Å². The zero-order valence-electron chi connectivity index (χ0n) is 9.98. The largest absolute Gasteiger partial charge is 0.390 e. The van der Waals surface area contributed by atoms with Gasteiger partial charge < -0.3 is 9.84 Å². The molecular weight excluding hydrogens is 220 g/mol. The summed E-state index contributed by atoms with van der Waals surface area (Å²) in [4.78, 5) is 2.66. The van der Waals surface area contributed by atoms with E-state index in [0.717, 1.165) is 12.8 Å². The molecule has 0 saturated heterocycles. The fourth-order valence-electron chi connectivity index (χ4n) is 2.13. The van der Waals surface area contributed by atoms with Gasteiger partial charge in [0.05, 0.1) is 12.2 Å². The second-order valence-corrected chi connectivity index (χ2v) is 5.78. The summed E-state index contributed by atoms with van der Waals surface area (Å²) in [5.41, 5.74) is 0. The molecule has 2 nitrogen and oxygen atoms in total. The lowest BCUT2D eigenvalue weighted by atomic mass is 10.1. The molecule has 1 aliphatic rings. The van der Waals surface area contributed by atoms with Gasteiger partial charge in [-0.1, -0.05) is 6.92 Å². The molecule has 1 saturated carbocycles. The highest BCUT2D eigenvalue weighted by Crippen LogP contribution is 2.36. The molecule has 1 aromatic rings. The summed E-state index contributed by atoms with van der Waals surface area (Å²) in [6.07, 6.45) is 3.92. The van der Waals surface area contributed by atoms with E-state index in [1.165, 1.54) is 22.6 Å². The number of hydrogen-bond acceptors (Lipinski definition) is 3. The summed E-state index contributed by atoms with van der Waals surface area (Å²) in [6.45, 7) is 2.16. The van der Waals surface area contributed by atoms with Crippen LogP contribution in [0.25, 0.3) is 0 Å². The zero-order chi connectivity index (χ0) is 11.5. The minimum absolute atomic E-state index is 0.0344. The van der Waals surface area contributed by atoms with Crippen LogP contribution in [0.2, 0.25) is 0 Å². The molecule has 2 unspecified atom stereocenters. The van der Waals surface area contributed by atoms with Crippen LogP contribution in [0.4, 0.5) is 0 Å². The van der Waals surface area contributed by atoms with Crippen LogP contribution in [-0.4, -0.2) is 24.4 Å². The van der Waals surface area contributed by atoms with Crippen LogP contribution in [0.5, 0.6) is 0 Å². The predicted octanol–water partition coefficient (Wildman–Crippen LogP) is 2.64. The van der Waals surface area contributed by atoms with Crippen molar-refractivity contribution in [2.45, 2.75) is 44.8 Å². The molecule has 3 heteroatoms. The van der Waals surface area contributed by atoms with Crippen LogP contribution >= 0.6 is 11.3 Å². The Labute approximate surface area is 101 Å². The molecule has 90 valence electrons. The Bertz CT molecular complexity index is 330. The van der Waals surface area contributed by atoms with Crippen molar-refractivity contribution in [1.29, 1.82) is 0 Å². The standard InChI is InChI=1S/C13H20O2S/c1-3-10-6-7-11(16-10)8-12(14)13(15-2)9-4-5-9/h6-7,9,12-14H,3-5,8H2,1-2H3. The van der Waals surface area contributed by atoms with E-state index < -0.39 is 0 Å². The summed E-state index contributed by atoms with van der Waals surface area (Å²) in [5.74, 6) is 0.589. The van der Waals surface area contributed by atoms with Gasteiger partial charge >= 0.3 is 0 Å². The van der Waals surface area contributed by atoms with Crippen molar-refractivity contribution in [3.63, 3.8) is 0 Å².